The SMILES string of the molecule is O=C(O)[C@@H](Cc1ccc2ccccc2c1)NC(=O)N1c2ccccc2C=Cc2ccccc21. The largest absolute Gasteiger partial charge is 0.480 e. The lowest BCUT2D eigenvalue weighted by Gasteiger charge is -2.27. The van der Waals surface area contributed by atoms with Crippen LogP contribution >= 0.6 is 0 Å². The summed E-state index contributed by atoms with van der Waals surface area (Å²) in [7, 11) is 0. The van der Waals surface area contributed by atoms with Gasteiger partial charge in [-0.2, -0.15) is 0 Å². The molecule has 4 aromatic rings. The number of fused-ring (bicyclic) bond motifs is 3. The summed E-state index contributed by atoms with van der Waals surface area (Å²) in [5.74, 6) is -1.08. The van der Waals surface area contributed by atoms with Crippen LogP contribution in [0.2, 0.25) is 0 Å². The minimum Gasteiger partial charge on any atom is -0.480 e. The van der Waals surface area contributed by atoms with Crippen molar-refractivity contribution in [1.82, 2.24) is 5.32 Å². The van der Waals surface area contributed by atoms with Gasteiger partial charge in [0.15, 0.2) is 0 Å². The number of aliphatic carboxylic acids is 1. The average molecular weight is 434 g/mol. The first kappa shape index (κ1) is 20.5. The Morgan fingerprint density at radius 2 is 1.33 bits per heavy atom. The molecule has 1 atom stereocenters. The molecule has 0 aliphatic carbocycles. The predicted molar refractivity (Wildman–Crippen MR) is 132 cm³/mol. The smallest absolute Gasteiger partial charge is 0.327 e. The van der Waals surface area contributed by atoms with Gasteiger partial charge in [0.1, 0.15) is 6.04 Å². The Morgan fingerprint density at radius 1 is 0.758 bits per heavy atom. The zero-order valence-electron chi connectivity index (χ0n) is 17.8. The molecular weight excluding hydrogens is 412 g/mol. The number of nitrogens with zero attached hydrogens (tertiary/aromatic N) is 1. The lowest BCUT2D eigenvalue weighted by atomic mass is 10.0. The van der Waals surface area contributed by atoms with Crippen LogP contribution in [0.4, 0.5) is 16.2 Å². The Bertz CT molecular complexity index is 1340. The number of carbonyl (C=O) groups is 2. The van der Waals surface area contributed by atoms with Crippen LogP contribution in [0.15, 0.2) is 91.0 Å². The summed E-state index contributed by atoms with van der Waals surface area (Å²) in [5, 5.41) is 14.8. The lowest BCUT2D eigenvalue weighted by molar-refractivity contribution is -0.139. The van der Waals surface area contributed by atoms with Gasteiger partial charge in [-0.1, -0.05) is 91.0 Å². The molecule has 5 heteroatoms. The minimum absolute atomic E-state index is 0.182. The summed E-state index contributed by atoms with van der Waals surface area (Å²) in [4.78, 5) is 27.2. The van der Waals surface area contributed by atoms with E-state index in [4.69, 9.17) is 0 Å². The first-order chi connectivity index (χ1) is 16.1. The van der Waals surface area contributed by atoms with Crippen LogP contribution in [-0.4, -0.2) is 23.1 Å². The molecule has 0 saturated carbocycles. The molecule has 0 saturated heterocycles. The number of hydrogen-bond acceptors (Lipinski definition) is 2. The van der Waals surface area contributed by atoms with Crippen LogP contribution in [0.1, 0.15) is 16.7 Å². The maximum atomic E-state index is 13.5. The number of anilines is 2. The molecule has 0 fully saturated rings. The van der Waals surface area contributed by atoms with E-state index in [1.165, 1.54) is 0 Å². The van der Waals surface area contributed by atoms with E-state index in [0.29, 0.717) is 11.4 Å². The first-order valence-electron chi connectivity index (χ1n) is 10.8. The molecule has 1 aliphatic rings. The molecular formula is C28H22N2O3. The molecule has 162 valence electrons. The number of carbonyl (C=O) groups excluding carboxylic acids is 1. The summed E-state index contributed by atoms with van der Waals surface area (Å²) >= 11 is 0. The molecule has 2 N–H and O–H groups in total. The van der Waals surface area contributed by atoms with Crippen molar-refractivity contribution in [3.05, 3.63) is 108 Å². The third-order valence-electron chi connectivity index (χ3n) is 5.85. The third-order valence-corrected chi connectivity index (χ3v) is 5.85. The predicted octanol–water partition coefficient (Wildman–Crippen LogP) is 5.87. The van der Waals surface area contributed by atoms with E-state index in [0.717, 1.165) is 27.5 Å². The van der Waals surface area contributed by atoms with Crippen molar-refractivity contribution in [1.29, 1.82) is 0 Å². The van der Waals surface area contributed by atoms with E-state index in [9.17, 15) is 14.7 Å². The number of amides is 2. The summed E-state index contributed by atoms with van der Waals surface area (Å²) in [6.45, 7) is 0. The highest BCUT2D eigenvalue weighted by atomic mass is 16.4. The van der Waals surface area contributed by atoms with Crippen molar-refractivity contribution >= 4 is 46.3 Å². The number of carboxylic acid groups (broad SMARTS) is 1. The Hall–Kier alpha value is -4.38. The van der Waals surface area contributed by atoms with Crippen LogP contribution in [0, 0.1) is 0 Å². The second-order valence-electron chi connectivity index (χ2n) is 8.01. The van der Waals surface area contributed by atoms with Gasteiger partial charge in [0.05, 0.1) is 11.4 Å². The molecule has 5 nitrogen and oxygen atoms in total. The Kier molecular flexibility index (Phi) is 5.37. The number of carboxylic acids is 1. The fourth-order valence-electron chi connectivity index (χ4n) is 4.21. The van der Waals surface area contributed by atoms with E-state index in [1.54, 1.807) is 4.90 Å². The molecule has 0 bridgehead atoms. The maximum absolute atomic E-state index is 13.5. The monoisotopic (exact) mass is 434 g/mol. The van der Waals surface area contributed by atoms with E-state index < -0.39 is 18.0 Å². The topological polar surface area (TPSA) is 69.6 Å². The maximum Gasteiger partial charge on any atom is 0.327 e. The molecule has 33 heavy (non-hydrogen) atoms. The van der Waals surface area contributed by atoms with Gasteiger partial charge < -0.3 is 10.4 Å². The normalized spacial score (nSPS) is 13.0. The molecule has 0 radical (unpaired) electrons. The van der Waals surface area contributed by atoms with Crippen molar-refractivity contribution in [2.24, 2.45) is 0 Å². The molecule has 0 unspecified atom stereocenters. The fraction of sp³-hybridized carbons (Fsp3) is 0.0714. The number of nitrogens with one attached hydrogen (secondary N) is 1. The molecule has 4 aromatic carbocycles. The van der Waals surface area contributed by atoms with Crippen LogP contribution < -0.4 is 10.2 Å². The Balaban J connectivity index is 1.46. The fourth-order valence-corrected chi connectivity index (χ4v) is 4.21. The van der Waals surface area contributed by atoms with Gasteiger partial charge in [-0.05, 0) is 39.6 Å². The van der Waals surface area contributed by atoms with Crippen molar-refractivity contribution in [3.8, 4) is 0 Å². The van der Waals surface area contributed by atoms with Gasteiger partial charge in [-0.25, -0.2) is 9.59 Å². The molecule has 0 aromatic heterocycles. The average Bonchev–Trinajstić information content (AvgIpc) is 3.00. The summed E-state index contributed by atoms with van der Waals surface area (Å²) in [6, 6.07) is 27.4. The Labute approximate surface area is 191 Å². The van der Waals surface area contributed by atoms with Crippen molar-refractivity contribution in [3.63, 3.8) is 0 Å². The zero-order chi connectivity index (χ0) is 22.8. The van der Waals surface area contributed by atoms with Gasteiger partial charge in [-0.15, -0.1) is 0 Å². The van der Waals surface area contributed by atoms with E-state index in [1.807, 2.05) is 103 Å². The standard InChI is InChI=1S/C28H22N2O3/c31-27(32)24(18-19-13-14-20-7-1-2-10-23(20)17-19)29-28(33)30-25-11-5-3-8-21(25)15-16-22-9-4-6-12-26(22)30/h1-17,24H,18H2,(H,29,33)(H,31,32)/t24-/m1/s1. The van der Waals surface area contributed by atoms with Gasteiger partial charge in [0.25, 0.3) is 0 Å². The number of benzene rings is 4. The van der Waals surface area contributed by atoms with Crippen molar-refractivity contribution in [2.75, 3.05) is 4.90 Å². The number of hydrogen-bond donors (Lipinski definition) is 2. The summed E-state index contributed by atoms with van der Waals surface area (Å²) in [6.07, 6.45) is 4.11. The highest BCUT2D eigenvalue weighted by Crippen LogP contribution is 2.36. The number of para-hydroxylation sites is 2. The first-order valence-corrected chi connectivity index (χ1v) is 10.8. The highest BCUT2D eigenvalue weighted by molar-refractivity contribution is 6.06. The molecule has 1 aliphatic heterocycles. The van der Waals surface area contributed by atoms with Crippen LogP contribution in [0.25, 0.3) is 22.9 Å². The molecule has 5 rings (SSSR count). The van der Waals surface area contributed by atoms with E-state index in [-0.39, 0.29) is 6.42 Å². The van der Waals surface area contributed by atoms with Crippen molar-refractivity contribution < 1.29 is 14.7 Å². The molecule has 1 heterocycles. The van der Waals surface area contributed by atoms with Gasteiger partial charge in [0, 0.05) is 6.42 Å². The lowest BCUT2D eigenvalue weighted by Crippen LogP contribution is -2.47. The number of urea groups is 1. The second kappa shape index (κ2) is 8.63. The van der Waals surface area contributed by atoms with Crippen LogP contribution in [0.3, 0.4) is 0 Å². The minimum atomic E-state index is -1.08. The van der Waals surface area contributed by atoms with Crippen LogP contribution in [0.5, 0.6) is 0 Å². The van der Waals surface area contributed by atoms with E-state index in [2.05, 4.69) is 5.32 Å². The summed E-state index contributed by atoms with van der Waals surface area (Å²) < 4.78 is 0. The quantitative estimate of drug-likeness (QED) is 0.422. The second-order valence-corrected chi connectivity index (χ2v) is 8.01. The van der Waals surface area contributed by atoms with Crippen molar-refractivity contribution in [2.45, 2.75) is 12.5 Å². The Morgan fingerprint density at radius 3 is 1.97 bits per heavy atom. The highest BCUT2D eigenvalue weighted by Gasteiger charge is 2.28. The van der Waals surface area contributed by atoms with Crippen LogP contribution in [-0.2, 0) is 11.2 Å². The van der Waals surface area contributed by atoms with E-state index >= 15 is 0 Å². The summed E-state index contributed by atoms with van der Waals surface area (Å²) in [5.41, 5.74) is 4.01. The van der Waals surface area contributed by atoms with Gasteiger partial charge in [0.2, 0.25) is 0 Å². The molecule has 0 spiro atoms. The third kappa shape index (κ3) is 4.08. The number of rotatable bonds is 4. The zero-order valence-corrected chi connectivity index (χ0v) is 17.8. The van der Waals surface area contributed by atoms with Gasteiger partial charge >= 0.3 is 12.0 Å². The van der Waals surface area contributed by atoms with Gasteiger partial charge in [-0.3, -0.25) is 4.90 Å². The molecule has 2 amide bonds.